The van der Waals surface area contributed by atoms with Gasteiger partial charge < -0.3 is 9.64 Å². The highest BCUT2D eigenvalue weighted by Crippen LogP contribution is 2.23. The number of amides is 1. The van der Waals surface area contributed by atoms with Crippen LogP contribution in [0.1, 0.15) is 13.3 Å². The lowest BCUT2D eigenvalue weighted by Gasteiger charge is -2.31. The van der Waals surface area contributed by atoms with E-state index in [2.05, 4.69) is 0 Å². The topological polar surface area (TPSA) is 66.9 Å². The Morgan fingerprint density at radius 3 is 2.64 bits per heavy atom. The largest absolute Gasteiger partial charge is 0.491 e. The van der Waals surface area contributed by atoms with E-state index in [1.54, 1.807) is 24.1 Å². The van der Waals surface area contributed by atoms with Crippen LogP contribution in [-0.2, 0) is 14.6 Å². The van der Waals surface area contributed by atoms with Gasteiger partial charge >= 0.3 is 0 Å². The lowest BCUT2D eigenvalue weighted by molar-refractivity contribution is -0.136. The van der Waals surface area contributed by atoms with Crippen LogP contribution in [-0.4, -0.2) is 75.0 Å². The second kappa shape index (κ2) is 8.38. The normalized spacial score (nSPS) is 20.4. The second-order valence-electron chi connectivity index (χ2n) is 6.44. The Labute approximate surface area is 154 Å². The summed E-state index contributed by atoms with van der Waals surface area (Å²) in [6.45, 7) is 2.77. The van der Waals surface area contributed by atoms with E-state index in [1.807, 2.05) is 31.0 Å². The summed E-state index contributed by atoms with van der Waals surface area (Å²) in [6.07, 6.45) is 0.511. The maximum absolute atomic E-state index is 12.6. The van der Waals surface area contributed by atoms with Crippen molar-refractivity contribution in [1.82, 2.24) is 9.80 Å². The van der Waals surface area contributed by atoms with Gasteiger partial charge in [0.05, 0.1) is 22.6 Å². The zero-order chi connectivity index (χ0) is 18.6. The molecule has 1 heterocycles. The fourth-order valence-electron chi connectivity index (χ4n) is 2.80. The summed E-state index contributed by atoms with van der Waals surface area (Å²) in [4.78, 5) is 16.1. The molecular weight excluding hydrogens is 364 g/mol. The first-order valence-electron chi connectivity index (χ1n) is 8.26. The molecule has 0 N–H and O–H groups in total. The van der Waals surface area contributed by atoms with Crippen LogP contribution in [0.4, 0.5) is 0 Å². The minimum absolute atomic E-state index is 0.0568. The van der Waals surface area contributed by atoms with Gasteiger partial charge in [-0.05, 0) is 32.5 Å². The Morgan fingerprint density at radius 2 is 2.04 bits per heavy atom. The number of hydrogen-bond acceptors (Lipinski definition) is 5. The van der Waals surface area contributed by atoms with Crippen molar-refractivity contribution in [3.05, 3.63) is 29.3 Å². The smallest absolute Gasteiger partial charge is 0.239 e. The van der Waals surface area contributed by atoms with Crippen LogP contribution < -0.4 is 4.74 Å². The Balaban J connectivity index is 1.83. The van der Waals surface area contributed by atoms with Crippen molar-refractivity contribution in [1.29, 1.82) is 0 Å². The molecule has 0 aliphatic carbocycles. The van der Waals surface area contributed by atoms with E-state index in [0.717, 1.165) is 0 Å². The number of likely N-dealkylation sites (N-methyl/N-ethyl adjacent to an activating group) is 2. The average molecular weight is 389 g/mol. The molecule has 25 heavy (non-hydrogen) atoms. The van der Waals surface area contributed by atoms with Crippen LogP contribution in [0.2, 0.25) is 5.02 Å². The molecule has 0 spiro atoms. The molecule has 2 rings (SSSR count). The summed E-state index contributed by atoms with van der Waals surface area (Å²) < 4.78 is 28.8. The van der Waals surface area contributed by atoms with Gasteiger partial charge in [0.1, 0.15) is 12.4 Å². The van der Waals surface area contributed by atoms with Gasteiger partial charge in [-0.3, -0.25) is 9.69 Å². The van der Waals surface area contributed by atoms with Crippen LogP contribution in [0.25, 0.3) is 0 Å². The van der Waals surface area contributed by atoms with Gasteiger partial charge in [0.2, 0.25) is 5.91 Å². The summed E-state index contributed by atoms with van der Waals surface area (Å²) >= 11 is 6.04. The molecule has 6 nitrogen and oxygen atoms in total. The number of carbonyl (C=O) groups excluding carboxylic acids is 1. The standard InChI is InChI=1S/C17H25ClN2O4S/c1-13(17(21)20(3)14-8-11-25(22,23)12-14)19(2)9-10-24-16-7-5-4-6-15(16)18/h4-7,13-14H,8-12H2,1-3H3/t13-,14-/m1/s1. The quantitative estimate of drug-likeness (QED) is 0.711. The van der Waals surface area contributed by atoms with E-state index >= 15 is 0 Å². The molecule has 1 amide bonds. The average Bonchev–Trinajstić information content (AvgIpc) is 2.94. The third kappa shape index (κ3) is 5.33. The predicted molar refractivity (Wildman–Crippen MR) is 98.9 cm³/mol. The predicted octanol–water partition coefficient (Wildman–Crippen LogP) is 1.68. The summed E-state index contributed by atoms with van der Waals surface area (Å²) in [5.74, 6) is 0.749. The molecular formula is C17H25ClN2O4S. The maximum atomic E-state index is 12.6. The Kier molecular flexibility index (Phi) is 6.71. The van der Waals surface area contributed by atoms with Gasteiger partial charge in [-0.1, -0.05) is 23.7 Å². The summed E-state index contributed by atoms with van der Waals surface area (Å²) in [6, 6.07) is 6.65. The number of carbonyl (C=O) groups is 1. The third-order valence-electron chi connectivity index (χ3n) is 4.66. The second-order valence-corrected chi connectivity index (χ2v) is 9.08. The summed E-state index contributed by atoms with van der Waals surface area (Å²) in [5, 5.41) is 0.552. The van der Waals surface area contributed by atoms with Gasteiger partial charge in [0, 0.05) is 19.6 Å². The highest BCUT2D eigenvalue weighted by Gasteiger charge is 2.34. The number of halogens is 1. The van der Waals surface area contributed by atoms with Crippen LogP contribution >= 0.6 is 11.6 Å². The molecule has 1 fully saturated rings. The van der Waals surface area contributed by atoms with Gasteiger partial charge in [0.25, 0.3) is 0 Å². The molecule has 2 atom stereocenters. The zero-order valence-corrected chi connectivity index (χ0v) is 16.4. The van der Waals surface area contributed by atoms with Crippen LogP contribution in [0.15, 0.2) is 24.3 Å². The fraction of sp³-hybridized carbons (Fsp3) is 0.588. The SMILES string of the molecule is C[C@H](C(=O)N(C)[C@@H]1CCS(=O)(=O)C1)N(C)CCOc1ccccc1Cl. The monoisotopic (exact) mass is 388 g/mol. The maximum Gasteiger partial charge on any atom is 0.239 e. The molecule has 0 aromatic heterocycles. The molecule has 8 heteroatoms. The van der Waals surface area contributed by atoms with Crippen molar-refractivity contribution in [2.24, 2.45) is 0 Å². The van der Waals surface area contributed by atoms with E-state index in [4.69, 9.17) is 16.3 Å². The van der Waals surface area contributed by atoms with E-state index in [1.165, 1.54) is 0 Å². The van der Waals surface area contributed by atoms with E-state index in [0.29, 0.717) is 30.3 Å². The first-order chi connectivity index (χ1) is 11.7. The fourth-order valence-corrected chi connectivity index (χ4v) is 4.76. The minimum Gasteiger partial charge on any atom is -0.491 e. The van der Waals surface area contributed by atoms with Crippen LogP contribution in [0.5, 0.6) is 5.75 Å². The number of nitrogens with zero attached hydrogens (tertiary/aromatic N) is 2. The summed E-state index contributed by atoms with van der Waals surface area (Å²) in [5.41, 5.74) is 0. The molecule has 1 aliphatic heterocycles. The van der Waals surface area contributed by atoms with Crippen molar-refractivity contribution < 1.29 is 17.9 Å². The molecule has 1 aliphatic rings. The molecule has 0 saturated carbocycles. The molecule has 1 aromatic carbocycles. The van der Waals surface area contributed by atoms with Gasteiger partial charge in [-0.15, -0.1) is 0 Å². The van der Waals surface area contributed by atoms with Gasteiger partial charge in [-0.2, -0.15) is 0 Å². The lowest BCUT2D eigenvalue weighted by Crippen LogP contribution is -2.49. The van der Waals surface area contributed by atoms with Crippen LogP contribution in [0, 0.1) is 0 Å². The summed E-state index contributed by atoms with van der Waals surface area (Å²) in [7, 11) is 0.515. The molecule has 0 unspecified atom stereocenters. The Morgan fingerprint density at radius 1 is 1.36 bits per heavy atom. The van der Waals surface area contributed by atoms with Crippen molar-refractivity contribution in [2.45, 2.75) is 25.4 Å². The number of para-hydroxylation sites is 1. The number of hydrogen-bond donors (Lipinski definition) is 0. The third-order valence-corrected chi connectivity index (χ3v) is 6.72. The molecule has 1 aromatic rings. The van der Waals surface area contributed by atoms with Crippen molar-refractivity contribution >= 4 is 27.3 Å². The highest BCUT2D eigenvalue weighted by atomic mass is 35.5. The van der Waals surface area contributed by atoms with Gasteiger partial charge in [0.15, 0.2) is 9.84 Å². The highest BCUT2D eigenvalue weighted by molar-refractivity contribution is 7.91. The Hall–Kier alpha value is -1.31. The minimum atomic E-state index is -3.01. The number of sulfone groups is 1. The number of ether oxygens (including phenoxy) is 1. The lowest BCUT2D eigenvalue weighted by atomic mass is 10.2. The van der Waals surface area contributed by atoms with Gasteiger partial charge in [-0.25, -0.2) is 8.42 Å². The Bertz CT molecular complexity index is 710. The number of benzene rings is 1. The molecule has 140 valence electrons. The van der Waals surface area contributed by atoms with E-state index in [9.17, 15) is 13.2 Å². The van der Waals surface area contributed by atoms with Crippen LogP contribution in [0.3, 0.4) is 0 Å². The van der Waals surface area contributed by atoms with E-state index in [-0.39, 0.29) is 29.5 Å². The molecule has 0 radical (unpaired) electrons. The van der Waals surface area contributed by atoms with Crippen molar-refractivity contribution in [3.8, 4) is 5.75 Å². The number of rotatable bonds is 7. The first-order valence-corrected chi connectivity index (χ1v) is 10.5. The molecule has 1 saturated heterocycles. The first kappa shape index (κ1) is 20.0. The van der Waals surface area contributed by atoms with Crippen molar-refractivity contribution in [3.63, 3.8) is 0 Å². The van der Waals surface area contributed by atoms with Crippen molar-refractivity contribution in [2.75, 3.05) is 38.8 Å². The van der Waals surface area contributed by atoms with E-state index < -0.39 is 9.84 Å². The molecule has 0 bridgehead atoms. The zero-order valence-electron chi connectivity index (χ0n) is 14.8.